The summed E-state index contributed by atoms with van der Waals surface area (Å²) in [7, 11) is 0. The number of rotatable bonds is 7. The first-order valence-electron chi connectivity index (χ1n) is 9.91. The number of nitrogens with one attached hydrogen (secondary N) is 1. The van der Waals surface area contributed by atoms with Gasteiger partial charge in [-0.3, -0.25) is 9.69 Å². The Morgan fingerprint density at radius 2 is 1.67 bits per heavy atom. The number of carbonyl (C=O) groups excluding carboxylic acids is 2. The lowest BCUT2D eigenvalue weighted by Gasteiger charge is -2.25. The minimum absolute atomic E-state index is 0.137. The number of ether oxygens (including phenoxy) is 4. The van der Waals surface area contributed by atoms with Crippen LogP contribution in [0, 0.1) is 0 Å². The summed E-state index contributed by atoms with van der Waals surface area (Å²) in [6.07, 6.45) is 0. The Morgan fingerprint density at radius 3 is 2.37 bits per heavy atom. The lowest BCUT2D eigenvalue weighted by Crippen LogP contribution is -2.41. The quantitative estimate of drug-likeness (QED) is 0.704. The Kier molecular flexibility index (Phi) is 5.39. The van der Waals surface area contributed by atoms with E-state index < -0.39 is 11.6 Å². The van der Waals surface area contributed by atoms with Gasteiger partial charge < -0.3 is 24.3 Å². The van der Waals surface area contributed by atoms with Gasteiger partial charge in [-0.05, 0) is 55.8 Å². The van der Waals surface area contributed by atoms with Crippen molar-refractivity contribution in [1.29, 1.82) is 0 Å². The van der Waals surface area contributed by atoms with Crippen LogP contribution in [0.2, 0.25) is 0 Å². The zero-order valence-electron chi connectivity index (χ0n) is 17.0. The molecule has 1 saturated heterocycles. The van der Waals surface area contributed by atoms with Crippen LogP contribution in [-0.4, -0.2) is 49.8 Å². The van der Waals surface area contributed by atoms with Gasteiger partial charge in [0, 0.05) is 0 Å². The van der Waals surface area contributed by atoms with E-state index in [1.807, 2.05) is 19.1 Å². The summed E-state index contributed by atoms with van der Waals surface area (Å²) in [5.41, 5.74) is -0.536. The Balaban J connectivity index is 1.41. The monoisotopic (exact) mass is 412 g/mol. The van der Waals surface area contributed by atoms with Crippen molar-refractivity contribution in [2.45, 2.75) is 19.4 Å². The molecule has 2 aromatic carbocycles. The second-order valence-corrected chi connectivity index (χ2v) is 7.12. The van der Waals surface area contributed by atoms with Gasteiger partial charge in [0.25, 0.3) is 5.91 Å². The molecule has 158 valence electrons. The Hall–Kier alpha value is -3.42. The Bertz CT molecular complexity index is 945. The maximum absolute atomic E-state index is 13.1. The molecule has 0 radical (unpaired) electrons. The molecule has 2 aliphatic heterocycles. The summed E-state index contributed by atoms with van der Waals surface area (Å²) in [4.78, 5) is 26.7. The molecule has 0 bridgehead atoms. The third kappa shape index (κ3) is 3.72. The fourth-order valence-corrected chi connectivity index (χ4v) is 3.50. The smallest absolute Gasteiger partial charge is 0.325 e. The normalized spacial score (nSPS) is 20.1. The zero-order chi connectivity index (χ0) is 21.1. The Morgan fingerprint density at radius 1 is 1.00 bits per heavy atom. The number of hydrogen-bond donors (Lipinski definition) is 1. The molecule has 0 saturated carbocycles. The van der Waals surface area contributed by atoms with Crippen molar-refractivity contribution in [1.82, 2.24) is 10.2 Å². The van der Waals surface area contributed by atoms with Crippen molar-refractivity contribution < 1.29 is 28.5 Å². The van der Waals surface area contributed by atoms with Crippen LogP contribution in [0.15, 0.2) is 42.5 Å². The lowest BCUT2D eigenvalue weighted by molar-refractivity contribution is -0.131. The van der Waals surface area contributed by atoms with E-state index in [0.29, 0.717) is 42.6 Å². The summed E-state index contributed by atoms with van der Waals surface area (Å²) in [5, 5.41) is 2.79. The lowest BCUT2D eigenvalue weighted by atomic mass is 9.91. The highest BCUT2D eigenvalue weighted by Crippen LogP contribution is 2.36. The zero-order valence-corrected chi connectivity index (χ0v) is 17.0. The van der Waals surface area contributed by atoms with Gasteiger partial charge in [0.1, 0.15) is 36.9 Å². The van der Waals surface area contributed by atoms with Gasteiger partial charge >= 0.3 is 6.03 Å². The second kappa shape index (κ2) is 8.14. The van der Waals surface area contributed by atoms with Gasteiger partial charge in [-0.2, -0.15) is 0 Å². The molecule has 2 aliphatic rings. The summed E-state index contributed by atoms with van der Waals surface area (Å²) >= 11 is 0. The number of hydrogen-bond acceptors (Lipinski definition) is 6. The van der Waals surface area contributed by atoms with Gasteiger partial charge in [0.2, 0.25) is 0 Å². The average Bonchev–Trinajstić information content (AvgIpc) is 2.98. The van der Waals surface area contributed by atoms with E-state index >= 15 is 0 Å². The van der Waals surface area contributed by atoms with Crippen molar-refractivity contribution in [2.75, 3.05) is 33.0 Å². The molecule has 0 aliphatic carbocycles. The maximum atomic E-state index is 13.1. The molecule has 1 N–H and O–H groups in total. The third-order valence-corrected chi connectivity index (χ3v) is 5.11. The van der Waals surface area contributed by atoms with Crippen molar-refractivity contribution >= 4 is 11.9 Å². The second-order valence-electron chi connectivity index (χ2n) is 7.12. The van der Waals surface area contributed by atoms with Crippen LogP contribution >= 0.6 is 0 Å². The van der Waals surface area contributed by atoms with Gasteiger partial charge in [-0.15, -0.1) is 0 Å². The molecule has 0 spiro atoms. The number of carbonyl (C=O) groups is 2. The molecule has 8 nitrogen and oxygen atoms in total. The van der Waals surface area contributed by atoms with E-state index in [9.17, 15) is 9.59 Å². The molecule has 1 fully saturated rings. The van der Waals surface area contributed by atoms with E-state index in [-0.39, 0.29) is 19.1 Å². The predicted octanol–water partition coefficient (Wildman–Crippen LogP) is 2.70. The highest BCUT2D eigenvalue weighted by Gasteiger charge is 2.49. The van der Waals surface area contributed by atoms with Crippen molar-refractivity contribution in [3.05, 3.63) is 48.0 Å². The summed E-state index contributed by atoms with van der Waals surface area (Å²) in [6.45, 7) is 5.45. The molecule has 4 rings (SSSR count). The van der Waals surface area contributed by atoms with Crippen LogP contribution < -0.4 is 24.3 Å². The van der Waals surface area contributed by atoms with E-state index in [1.165, 1.54) is 4.90 Å². The summed E-state index contributed by atoms with van der Waals surface area (Å²) in [5.74, 6) is 2.26. The Labute approximate surface area is 174 Å². The molecule has 0 aromatic heterocycles. The molecular weight excluding hydrogens is 388 g/mol. The first-order chi connectivity index (χ1) is 14.5. The van der Waals surface area contributed by atoms with Crippen molar-refractivity contribution in [3.8, 4) is 23.0 Å². The van der Waals surface area contributed by atoms with Gasteiger partial charge in [0.15, 0.2) is 11.5 Å². The van der Waals surface area contributed by atoms with Crippen LogP contribution in [0.4, 0.5) is 4.79 Å². The molecule has 8 heteroatoms. The van der Waals surface area contributed by atoms with Crippen LogP contribution in [0.1, 0.15) is 19.4 Å². The van der Waals surface area contributed by atoms with E-state index in [1.54, 1.807) is 37.3 Å². The predicted molar refractivity (Wildman–Crippen MR) is 108 cm³/mol. The summed E-state index contributed by atoms with van der Waals surface area (Å²) in [6, 6.07) is 12.0. The topological polar surface area (TPSA) is 86.3 Å². The van der Waals surface area contributed by atoms with Gasteiger partial charge in [-0.1, -0.05) is 6.07 Å². The minimum Gasteiger partial charge on any atom is -0.494 e. The maximum Gasteiger partial charge on any atom is 0.325 e. The SMILES string of the molecule is CCOc1ccc(OCCN2C(=O)N[C@](C)(c3ccc4c(c3)OCCO4)C2=O)cc1. The van der Waals surface area contributed by atoms with Gasteiger partial charge in [0.05, 0.1) is 13.2 Å². The van der Waals surface area contributed by atoms with Gasteiger partial charge in [-0.25, -0.2) is 4.79 Å². The number of nitrogens with zero attached hydrogens (tertiary/aromatic N) is 1. The minimum atomic E-state index is -1.17. The van der Waals surface area contributed by atoms with Crippen LogP contribution in [0.25, 0.3) is 0 Å². The number of imide groups is 1. The number of urea groups is 1. The third-order valence-electron chi connectivity index (χ3n) is 5.11. The molecular formula is C22H24N2O6. The standard InChI is InChI=1S/C22H24N2O6/c1-3-27-16-5-7-17(8-6-16)28-11-10-24-20(25)22(2,23-21(24)26)15-4-9-18-19(14-15)30-13-12-29-18/h4-9,14H,3,10-13H2,1-2H3,(H,23,26)/t22-/m1/s1. The summed E-state index contributed by atoms with van der Waals surface area (Å²) < 4.78 is 22.2. The first kappa shape index (κ1) is 19.9. The fraction of sp³-hybridized carbons (Fsp3) is 0.364. The number of amides is 3. The van der Waals surface area contributed by atoms with E-state index in [2.05, 4.69) is 5.32 Å². The largest absolute Gasteiger partial charge is 0.494 e. The van der Waals surface area contributed by atoms with Crippen LogP contribution in [0.3, 0.4) is 0 Å². The highest BCUT2D eigenvalue weighted by atomic mass is 16.6. The number of fused-ring (bicyclic) bond motifs is 1. The molecule has 2 aromatic rings. The number of benzene rings is 2. The molecule has 30 heavy (non-hydrogen) atoms. The fourth-order valence-electron chi connectivity index (χ4n) is 3.50. The highest BCUT2D eigenvalue weighted by molar-refractivity contribution is 6.07. The average molecular weight is 412 g/mol. The van der Waals surface area contributed by atoms with Crippen molar-refractivity contribution in [2.24, 2.45) is 0 Å². The molecule has 2 heterocycles. The van der Waals surface area contributed by atoms with Crippen LogP contribution in [-0.2, 0) is 10.3 Å². The molecule has 3 amide bonds. The molecule has 1 atom stereocenters. The first-order valence-corrected chi connectivity index (χ1v) is 9.91. The van der Waals surface area contributed by atoms with E-state index in [0.717, 1.165) is 5.75 Å². The van der Waals surface area contributed by atoms with E-state index in [4.69, 9.17) is 18.9 Å². The van der Waals surface area contributed by atoms with Crippen LogP contribution in [0.5, 0.6) is 23.0 Å². The van der Waals surface area contributed by atoms with Crippen molar-refractivity contribution in [3.63, 3.8) is 0 Å². The molecule has 0 unspecified atom stereocenters.